The maximum Gasteiger partial charge on any atom is 0.247 e. The molecule has 1 atom stereocenters. The molecule has 0 saturated carbocycles. The molecule has 0 N–H and O–H groups in total. The van der Waals surface area contributed by atoms with Gasteiger partial charge in [0.15, 0.2) is 0 Å². The predicted octanol–water partition coefficient (Wildman–Crippen LogP) is 2.98. The van der Waals surface area contributed by atoms with Gasteiger partial charge in [-0.05, 0) is 42.8 Å². The van der Waals surface area contributed by atoms with Gasteiger partial charge in [-0.15, -0.1) is 0 Å². The van der Waals surface area contributed by atoms with Gasteiger partial charge in [-0.25, -0.2) is 0 Å². The van der Waals surface area contributed by atoms with Gasteiger partial charge in [0.2, 0.25) is 5.91 Å². The summed E-state index contributed by atoms with van der Waals surface area (Å²) >= 11 is 0. The number of rotatable bonds is 2. The van der Waals surface area contributed by atoms with Gasteiger partial charge in [-0.1, -0.05) is 12.1 Å². The zero-order valence-electron chi connectivity index (χ0n) is 12.4. The number of aromatic nitrogens is 1. The van der Waals surface area contributed by atoms with Crippen molar-refractivity contribution in [2.75, 3.05) is 6.54 Å². The standard InChI is InChI=1S/C18H17N3O/c1-14-17-3-2-10-20(17)11-12-21(14)18(22)9-8-15-4-6-16(13-19)7-5-15/h2-10,14H,11-12H2,1H3/b9-8+/t14-/m0/s1. The molecule has 4 nitrogen and oxygen atoms in total. The maximum atomic E-state index is 12.4. The van der Waals surface area contributed by atoms with Gasteiger partial charge < -0.3 is 9.47 Å². The fourth-order valence-electron chi connectivity index (χ4n) is 2.81. The van der Waals surface area contributed by atoms with Crippen molar-refractivity contribution < 1.29 is 4.79 Å². The number of amides is 1. The van der Waals surface area contributed by atoms with E-state index in [4.69, 9.17) is 5.26 Å². The molecule has 1 aromatic carbocycles. The van der Waals surface area contributed by atoms with Crippen LogP contribution in [0.25, 0.3) is 6.08 Å². The number of nitriles is 1. The molecular weight excluding hydrogens is 274 g/mol. The lowest BCUT2D eigenvalue weighted by Crippen LogP contribution is -2.39. The quantitative estimate of drug-likeness (QED) is 0.799. The molecule has 22 heavy (non-hydrogen) atoms. The highest BCUT2D eigenvalue weighted by Crippen LogP contribution is 2.25. The summed E-state index contributed by atoms with van der Waals surface area (Å²) in [6.07, 6.45) is 5.46. The van der Waals surface area contributed by atoms with Crippen molar-refractivity contribution >= 4 is 12.0 Å². The first-order valence-corrected chi connectivity index (χ1v) is 7.33. The van der Waals surface area contributed by atoms with Gasteiger partial charge in [0.05, 0.1) is 17.7 Å². The summed E-state index contributed by atoms with van der Waals surface area (Å²) in [5.74, 6) is 0.0179. The average molecular weight is 291 g/mol. The Labute approximate surface area is 129 Å². The molecule has 0 saturated heterocycles. The lowest BCUT2D eigenvalue weighted by atomic mass is 10.1. The van der Waals surface area contributed by atoms with Gasteiger partial charge >= 0.3 is 0 Å². The largest absolute Gasteiger partial charge is 0.348 e. The van der Waals surface area contributed by atoms with E-state index in [1.807, 2.05) is 23.1 Å². The van der Waals surface area contributed by atoms with Crippen LogP contribution in [0.5, 0.6) is 0 Å². The molecule has 4 heteroatoms. The average Bonchev–Trinajstić information content (AvgIpc) is 3.03. The number of nitrogens with zero attached hydrogens (tertiary/aromatic N) is 3. The smallest absolute Gasteiger partial charge is 0.247 e. The Hall–Kier alpha value is -2.80. The second-order valence-corrected chi connectivity index (χ2v) is 5.40. The Bertz CT molecular complexity index is 749. The highest BCUT2D eigenvalue weighted by atomic mass is 16.2. The minimum atomic E-state index is 0.0179. The monoisotopic (exact) mass is 291 g/mol. The van der Waals surface area contributed by atoms with Gasteiger partial charge in [0, 0.05) is 31.1 Å². The molecular formula is C18H17N3O. The van der Waals surface area contributed by atoms with Gasteiger partial charge in [-0.3, -0.25) is 4.79 Å². The number of fused-ring (bicyclic) bond motifs is 1. The molecule has 1 aromatic heterocycles. The van der Waals surface area contributed by atoms with Gasteiger partial charge in [0.25, 0.3) is 0 Å². The zero-order valence-corrected chi connectivity index (χ0v) is 12.4. The number of hydrogen-bond donors (Lipinski definition) is 0. The molecule has 1 aliphatic rings. The zero-order chi connectivity index (χ0) is 15.5. The molecule has 2 heterocycles. The van der Waals surface area contributed by atoms with Crippen LogP contribution in [0, 0.1) is 11.3 Å². The van der Waals surface area contributed by atoms with E-state index in [0.29, 0.717) is 5.56 Å². The Kier molecular flexibility index (Phi) is 3.80. The lowest BCUT2D eigenvalue weighted by Gasteiger charge is -2.34. The van der Waals surface area contributed by atoms with Crippen molar-refractivity contribution in [3.8, 4) is 6.07 Å². The van der Waals surface area contributed by atoms with Crippen LogP contribution >= 0.6 is 0 Å². The number of hydrogen-bond acceptors (Lipinski definition) is 2. The highest BCUT2D eigenvalue weighted by Gasteiger charge is 2.25. The van der Waals surface area contributed by atoms with Crippen molar-refractivity contribution in [1.82, 2.24) is 9.47 Å². The molecule has 1 amide bonds. The van der Waals surface area contributed by atoms with Crippen molar-refractivity contribution in [1.29, 1.82) is 5.26 Å². The molecule has 0 spiro atoms. The van der Waals surface area contributed by atoms with Crippen LogP contribution in [0.4, 0.5) is 0 Å². The van der Waals surface area contributed by atoms with Crippen molar-refractivity contribution in [3.63, 3.8) is 0 Å². The van der Waals surface area contributed by atoms with E-state index < -0.39 is 0 Å². The first kappa shape index (κ1) is 14.2. The third-order valence-corrected chi connectivity index (χ3v) is 4.08. The molecule has 1 aliphatic heterocycles. The summed E-state index contributed by atoms with van der Waals surface area (Å²) in [5, 5.41) is 8.78. The summed E-state index contributed by atoms with van der Waals surface area (Å²) in [7, 11) is 0. The third-order valence-electron chi connectivity index (χ3n) is 4.08. The molecule has 2 aromatic rings. The summed E-state index contributed by atoms with van der Waals surface area (Å²) in [6, 6.07) is 13.4. The summed E-state index contributed by atoms with van der Waals surface area (Å²) < 4.78 is 2.19. The fraction of sp³-hybridized carbons (Fsp3) is 0.222. The van der Waals surface area contributed by atoms with Crippen molar-refractivity contribution in [3.05, 3.63) is 65.5 Å². The van der Waals surface area contributed by atoms with E-state index in [2.05, 4.69) is 29.8 Å². The van der Waals surface area contributed by atoms with Crippen molar-refractivity contribution in [2.24, 2.45) is 0 Å². The summed E-state index contributed by atoms with van der Waals surface area (Å²) in [4.78, 5) is 14.3. The topological polar surface area (TPSA) is 49.0 Å². The first-order valence-electron chi connectivity index (χ1n) is 7.33. The SMILES string of the molecule is C[C@H]1c2cccn2CCN1C(=O)/C=C/c1ccc(C#N)cc1. The molecule has 0 unspecified atom stereocenters. The minimum Gasteiger partial charge on any atom is -0.348 e. The Morgan fingerprint density at radius 3 is 2.77 bits per heavy atom. The van der Waals surface area contributed by atoms with Crippen LogP contribution < -0.4 is 0 Å². The predicted molar refractivity (Wildman–Crippen MR) is 84.8 cm³/mol. The van der Waals surface area contributed by atoms with E-state index in [9.17, 15) is 4.79 Å². The minimum absolute atomic E-state index is 0.0179. The Morgan fingerprint density at radius 1 is 1.27 bits per heavy atom. The third kappa shape index (κ3) is 2.66. The second-order valence-electron chi connectivity index (χ2n) is 5.40. The van der Waals surface area contributed by atoms with Crippen LogP contribution in [0.1, 0.15) is 29.8 Å². The van der Waals surface area contributed by atoms with Gasteiger partial charge in [-0.2, -0.15) is 5.26 Å². The molecule has 0 radical (unpaired) electrons. The molecule has 0 bridgehead atoms. The Balaban J connectivity index is 1.72. The second kappa shape index (κ2) is 5.90. The Morgan fingerprint density at radius 2 is 2.05 bits per heavy atom. The number of benzene rings is 1. The molecule has 110 valence electrons. The van der Waals surface area contributed by atoms with E-state index in [0.717, 1.165) is 18.7 Å². The molecule has 0 fully saturated rings. The summed E-state index contributed by atoms with van der Waals surface area (Å²) in [6.45, 7) is 3.61. The van der Waals surface area contributed by atoms with Crippen LogP contribution in [-0.2, 0) is 11.3 Å². The number of carbonyl (C=O) groups is 1. The highest BCUT2D eigenvalue weighted by molar-refractivity contribution is 5.92. The van der Waals surface area contributed by atoms with E-state index in [1.165, 1.54) is 5.69 Å². The normalized spacial score (nSPS) is 17.3. The van der Waals surface area contributed by atoms with E-state index in [-0.39, 0.29) is 11.9 Å². The summed E-state index contributed by atoms with van der Waals surface area (Å²) in [5.41, 5.74) is 2.71. The first-order chi connectivity index (χ1) is 10.7. The van der Waals surface area contributed by atoms with Gasteiger partial charge in [0.1, 0.15) is 0 Å². The molecule has 0 aliphatic carbocycles. The van der Waals surface area contributed by atoms with E-state index >= 15 is 0 Å². The maximum absolute atomic E-state index is 12.4. The van der Waals surface area contributed by atoms with Crippen molar-refractivity contribution in [2.45, 2.75) is 19.5 Å². The van der Waals surface area contributed by atoms with Crippen LogP contribution in [0.2, 0.25) is 0 Å². The van der Waals surface area contributed by atoms with Crippen LogP contribution in [0.3, 0.4) is 0 Å². The number of carbonyl (C=O) groups excluding carboxylic acids is 1. The van der Waals surface area contributed by atoms with E-state index in [1.54, 1.807) is 24.3 Å². The molecule has 3 rings (SSSR count). The van der Waals surface area contributed by atoms with Crippen LogP contribution in [-0.4, -0.2) is 21.9 Å². The van der Waals surface area contributed by atoms with Crippen LogP contribution in [0.15, 0.2) is 48.7 Å². The fourth-order valence-corrected chi connectivity index (χ4v) is 2.81. The lowest BCUT2D eigenvalue weighted by molar-refractivity contribution is -0.129.